The maximum absolute atomic E-state index is 12.5. The van der Waals surface area contributed by atoms with E-state index in [0.29, 0.717) is 27.4 Å². The third-order valence-electron chi connectivity index (χ3n) is 4.87. The molecule has 164 valence electrons. The number of rotatable bonds is 7. The molecule has 1 amide bonds. The smallest absolute Gasteiger partial charge is 0.234 e. The first-order valence-corrected chi connectivity index (χ1v) is 12.6. The Kier molecular flexibility index (Phi) is 7.20. The molecule has 0 saturated heterocycles. The van der Waals surface area contributed by atoms with Crippen LogP contribution in [0.2, 0.25) is 10.0 Å². The van der Waals surface area contributed by atoms with Crippen LogP contribution in [0, 0.1) is 6.92 Å². The van der Waals surface area contributed by atoms with Crippen molar-refractivity contribution in [2.24, 2.45) is 0 Å². The first-order valence-electron chi connectivity index (χ1n) is 9.93. The van der Waals surface area contributed by atoms with E-state index in [1.165, 1.54) is 22.2 Å². The molecule has 0 atom stereocenters. The van der Waals surface area contributed by atoms with Gasteiger partial charge in [-0.2, -0.15) is 0 Å². The summed E-state index contributed by atoms with van der Waals surface area (Å²) in [4.78, 5) is 13.7. The predicted octanol–water partition coefficient (Wildman–Crippen LogP) is 7.04. The maximum Gasteiger partial charge on any atom is 0.234 e. The number of carbonyl (C=O) groups is 1. The summed E-state index contributed by atoms with van der Waals surface area (Å²) in [5, 5.41) is 15.2. The highest BCUT2D eigenvalue weighted by atomic mass is 35.5. The van der Waals surface area contributed by atoms with E-state index in [9.17, 15) is 4.79 Å². The SMILES string of the molecule is CCn1c(SCC(=O)Nc2cccc(Cl)c2Cl)nnc1-c1csc(C)c1-c1ccccc1. The fraction of sp³-hybridized carbons (Fsp3) is 0.174. The van der Waals surface area contributed by atoms with Gasteiger partial charge in [0.25, 0.3) is 0 Å². The van der Waals surface area contributed by atoms with Crippen molar-refractivity contribution in [1.29, 1.82) is 0 Å². The van der Waals surface area contributed by atoms with Crippen molar-refractivity contribution in [1.82, 2.24) is 14.8 Å². The number of carbonyl (C=O) groups excluding carboxylic acids is 1. The highest BCUT2D eigenvalue weighted by Crippen LogP contribution is 2.39. The number of halogens is 2. The number of benzene rings is 2. The molecule has 0 bridgehead atoms. The second kappa shape index (κ2) is 10.1. The number of aromatic nitrogens is 3. The van der Waals surface area contributed by atoms with Gasteiger partial charge in [0, 0.05) is 27.9 Å². The Balaban J connectivity index is 1.55. The monoisotopic (exact) mass is 502 g/mol. The predicted molar refractivity (Wildman–Crippen MR) is 135 cm³/mol. The number of anilines is 1. The number of hydrogen-bond acceptors (Lipinski definition) is 5. The summed E-state index contributed by atoms with van der Waals surface area (Å²) in [5.74, 6) is 0.786. The van der Waals surface area contributed by atoms with Crippen LogP contribution in [0.1, 0.15) is 11.8 Å². The minimum atomic E-state index is -0.192. The average molecular weight is 503 g/mol. The van der Waals surface area contributed by atoms with Crippen LogP contribution in [0.3, 0.4) is 0 Å². The Labute approximate surface area is 204 Å². The minimum Gasteiger partial charge on any atom is -0.324 e. The van der Waals surface area contributed by atoms with Crippen molar-refractivity contribution in [3.63, 3.8) is 0 Å². The summed E-state index contributed by atoms with van der Waals surface area (Å²) >= 11 is 15.2. The zero-order valence-electron chi connectivity index (χ0n) is 17.4. The summed E-state index contributed by atoms with van der Waals surface area (Å²) in [6, 6.07) is 15.4. The largest absolute Gasteiger partial charge is 0.324 e. The van der Waals surface area contributed by atoms with E-state index >= 15 is 0 Å². The third kappa shape index (κ3) is 4.71. The molecule has 0 aliphatic heterocycles. The van der Waals surface area contributed by atoms with Gasteiger partial charge in [-0.15, -0.1) is 21.5 Å². The van der Waals surface area contributed by atoms with Gasteiger partial charge in [-0.3, -0.25) is 4.79 Å². The third-order valence-corrected chi connectivity index (χ3v) is 7.57. The van der Waals surface area contributed by atoms with Crippen LogP contribution in [0.5, 0.6) is 0 Å². The molecule has 5 nitrogen and oxygen atoms in total. The number of nitrogens with zero attached hydrogens (tertiary/aromatic N) is 3. The molecule has 1 N–H and O–H groups in total. The Bertz CT molecular complexity index is 1250. The van der Waals surface area contributed by atoms with E-state index in [0.717, 1.165) is 17.0 Å². The molecule has 0 fully saturated rings. The molecule has 32 heavy (non-hydrogen) atoms. The molecule has 2 aromatic carbocycles. The number of thioether (sulfide) groups is 1. The van der Waals surface area contributed by atoms with Gasteiger partial charge in [0.05, 0.1) is 21.5 Å². The summed E-state index contributed by atoms with van der Waals surface area (Å²) < 4.78 is 2.04. The van der Waals surface area contributed by atoms with E-state index in [-0.39, 0.29) is 11.7 Å². The Hall–Kier alpha value is -2.32. The van der Waals surface area contributed by atoms with Crippen molar-refractivity contribution < 1.29 is 4.79 Å². The fourth-order valence-electron chi connectivity index (χ4n) is 3.38. The van der Waals surface area contributed by atoms with Gasteiger partial charge in [-0.1, -0.05) is 71.4 Å². The van der Waals surface area contributed by atoms with Crippen LogP contribution < -0.4 is 5.32 Å². The topological polar surface area (TPSA) is 59.8 Å². The molecule has 2 heterocycles. The lowest BCUT2D eigenvalue weighted by molar-refractivity contribution is -0.113. The minimum absolute atomic E-state index is 0.176. The number of hydrogen-bond donors (Lipinski definition) is 1. The lowest BCUT2D eigenvalue weighted by atomic mass is 10.0. The highest BCUT2D eigenvalue weighted by Gasteiger charge is 2.20. The van der Waals surface area contributed by atoms with Crippen LogP contribution in [-0.2, 0) is 11.3 Å². The van der Waals surface area contributed by atoms with Crippen molar-refractivity contribution in [2.75, 3.05) is 11.1 Å². The second-order valence-corrected chi connectivity index (χ2v) is 9.75. The van der Waals surface area contributed by atoms with Crippen LogP contribution in [0.25, 0.3) is 22.5 Å². The quantitative estimate of drug-likeness (QED) is 0.275. The Morgan fingerprint density at radius 2 is 1.91 bits per heavy atom. The lowest BCUT2D eigenvalue weighted by Gasteiger charge is -2.10. The Morgan fingerprint density at radius 3 is 2.66 bits per heavy atom. The molecule has 0 aliphatic rings. The molecular formula is C23H20Cl2N4OS2. The van der Waals surface area contributed by atoms with Gasteiger partial charge in [0.15, 0.2) is 11.0 Å². The van der Waals surface area contributed by atoms with Gasteiger partial charge < -0.3 is 9.88 Å². The van der Waals surface area contributed by atoms with Gasteiger partial charge in [-0.25, -0.2) is 0 Å². The van der Waals surface area contributed by atoms with Crippen molar-refractivity contribution in [2.45, 2.75) is 25.5 Å². The summed E-state index contributed by atoms with van der Waals surface area (Å²) in [6.45, 7) is 4.85. The molecule has 0 unspecified atom stereocenters. The van der Waals surface area contributed by atoms with Gasteiger partial charge in [-0.05, 0) is 31.5 Å². The van der Waals surface area contributed by atoms with Gasteiger partial charge in [0.1, 0.15) is 0 Å². The van der Waals surface area contributed by atoms with Crippen LogP contribution in [0.15, 0.2) is 59.1 Å². The fourth-order valence-corrected chi connectivity index (χ4v) is 5.39. The van der Waals surface area contributed by atoms with Gasteiger partial charge in [0.2, 0.25) is 5.91 Å². The van der Waals surface area contributed by atoms with Crippen LogP contribution in [-0.4, -0.2) is 26.4 Å². The van der Waals surface area contributed by atoms with Crippen molar-refractivity contribution in [3.05, 3.63) is 68.8 Å². The number of thiophene rings is 1. The standard InChI is InChI=1S/C23H20Cl2N4OS2/c1-3-29-22(16-12-31-14(2)20(16)15-8-5-4-6-9-15)27-28-23(29)32-13-19(30)26-18-11-7-10-17(24)21(18)25/h4-12H,3,13H2,1-2H3,(H,26,30). The van der Waals surface area contributed by atoms with Gasteiger partial charge >= 0.3 is 0 Å². The molecule has 0 saturated carbocycles. The highest BCUT2D eigenvalue weighted by molar-refractivity contribution is 7.99. The van der Waals surface area contributed by atoms with E-state index in [2.05, 4.69) is 40.0 Å². The summed E-state index contributed by atoms with van der Waals surface area (Å²) in [6.07, 6.45) is 0. The molecule has 0 radical (unpaired) electrons. The Morgan fingerprint density at radius 1 is 1.12 bits per heavy atom. The van der Waals surface area contributed by atoms with E-state index in [4.69, 9.17) is 23.2 Å². The average Bonchev–Trinajstić information content (AvgIpc) is 3.38. The molecule has 0 aliphatic carbocycles. The molecule has 4 rings (SSSR count). The van der Waals surface area contributed by atoms with Crippen LogP contribution >= 0.6 is 46.3 Å². The van der Waals surface area contributed by atoms with E-state index in [1.807, 2.05) is 29.7 Å². The van der Waals surface area contributed by atoms with Crippen molar-refractivity contribution in [3.8, 4) is 22.5 Å². The van der Waals surface area contributed by atoms with E-state index < -0.39 is 0 Å². The molecular weight excluding hydrogens is 483 g/mol. The van der Waals surface area contributed by atoms with E-state index in [1.54, 1.807) is 29.5 Å². The molecule has 4 aromatic rings. The second-order valence-electron chi connectivity index (χ2n) is 6.94. The van der Waals surface area contributed by atoms with Crippen molar-refractivity contribution >= 4 is 57.9 Å². The molecule has 0 spiro atoms. The lowest BCUT2D eigenvalue weighted by Crippen LogP contribution is -2.15. The molecule has 2 aromatic heterocycles. The normalized spacial score (nSPS) is 11.0. The molecule has 9 heteroatoms. The first kappa shape index (κ1) is 22.9. The summed E-state index contributed by atoms with van der Waals surface area (Å²) in [5.41, 5.74) is 3.86. The number of aryl methyl sites for hydroxylation is 1. The zero-order valence-corrected chi connectivity index (χ0v) is 20.6. The summed E-state index contributed by atoms with van der Waals surface area (Å²) in [7, 11) is 0. The van der Waals surface area contributed by atoms with Crippen LogP contribution in [0.4, 0.5) is 5.69 Å². The zero-order chi connectivity index (χ0) is 22.7. The maximum atomic E-state index is 12.5. The number of amides is 1. The first-order chi connectivity index (χ1) is 15.5. The number of nitrogens with one attached hydrogen (secondary N) is 1.